The van der Waals surface area contributed by atoms with Crippen LogP contribution < -0.4 is 5.32 Å². The van der Waals surface area contributed by atoms with Crippen LogP contribution in [0.2, 0.25) is 0 Å². The average Bonchev–Trinajstić information content (AvgIpc) is 3.12. The Morgan fingerprint density at radius 1 is 0.731 bits per heavy atom. The minimum atomic E-state index is 0.642. The second kappa shape index (κ2) is 6.05. The Morgan fingerprint density at radius 2 is 1.54 bits per heavy atom. The van der Waals surface area contributed by atoms with Gasteiger partial charge in [-0.05, 0) is 41.8 Å². The minimum Gasteiger partial charge on any atom is -0.436 e. The van der Waals surface area contributed by atoms with Gasteiger partial charge in [0.1, 0.15) is 5.52 Å². The van der Waals surface area contributed by atoms with E-state index in [1.165, 1.54) is 10.8 Å². The zero-order chi connectivity index (χ0) is 17.3. The lowest BCUT2D eigenvalue weighted by Crippen LogP contribution is -1.91. The summed E-state index contributed by atoms with van der Waals surface area (Å²) in [7, 11) is 0. The van der Waals surface area contributed by atoms with Gasteiger partial charge in [-0.1, -0.05) is 54.6 Å². The number of aromatic nitrogens is 1. The molecule has 5 rings (SSSR count). The van der Waals surface area contributed by atoms with Crippen molar-refractivity contribution < 1.29 is 4.42 Å². The van der Waals surface area contributed by atoms with Gasteiger partial charge in [0.2, 0.25) is 5.89 Å². The number of hydrogen-bond donors (Lipinski definition) is 1. The zero-order valence-electron chi connectivity index (χ0n) is 14.0. The Kier molecular flexibility index (Phi) is 3.42. The predicted octanol–water partition coefficient (Wildman–Crippen LogP) is 6.39. The minimum absolute atomic E-state index is 0.642. The Balaban J connectivity index is 1.53. The molecule has 0 aliphatic heterocycles. The molecule has 124 valence electrons. The number of nitrogens with one attached hydrogen (secondary N) is 1. The first-order chi connectivity index (χ1) is 12.9. The van der Waals surface area contributed by atoms with Crippen LogP contribution in [0.25, 0.3) is 33.3 Å². The first kappa shape index (κ1) is 14.7. The molecule has 0 aliphatic rings. The number of fused-ring (bicyclic) bond motifs is 2. The molecule has 5 aromatic rings. The van der Waals surface area contributed by atoms with Gasteiger partial charge in [-0.2, -0.15) is 0 Å². The van der Waals surface area contributed by atoms with Gasteiger partial charge in [0.25, 0.3) is 0 Å². The van der Waals surface area contributed by atoms with Crippen molar-refractivity contribution in [3.8, 4) is 11.5 Å². The average molecular weight is 336 g/mol. The van der Waals surface area contributed by atoms with Crippen LogP contribution in [-0.4, -0.2) is 4.98 Å². The molecule has 0 radical (unpaired) electrons. The van der Waals surface area contributed by atoms with E-state index in [9.17, 15) is 0 Å². The Bertz CT molecular complexity index is 1200. The molecule has 0 fully saturated rings. The van der Waals surface area contributed by atoms with E-state index in [2.05, 4.69) is 52.8 Å². The van der Waals surface area contributed by atoms with E-state index in [1.807, 2.05) is 48.5 Å². The highest BCUT2D eigenvalue weighted by Gasteiger charge is 2.09. The maximum Gasteiger partial charge on any atom is 0.227 e. The maximum atomic E-state index is 5.89. The Hall–Kier alpha value is -3.59. The van der Waals surface area contributed by atoms with E-state index in [0.717, 1.165) is 28.0 Å². The Labute approximate surface area is 150 Å². The number of nitrogens with zero attached hydrogens (tertiary/aromatic N) is 1. The van der Waals surface area contributed by atoms with Gasteiger partial charge in [-0.25, -0.2) is 4.98 Å². The molecule has 0 bridgehead atoms. The van der Waals surface area contributed by atoms with E-state index in [0.29, 0.717) is 5.89 Å². The van der Waals surface area contributed by atoms with Crippen LogP contribution in [0.4, 0.5) is 11.4 Å². The SMILES string of the molecule is c1ccc(-c2nc3cc(Nc4cccc5ccccc45)ccc3o2)cc1. The fourth-order valence-corrected chi connectivity index (χ4v) is 3.20. The lowest BCUT2D eigenvalue weighted by molar-refractivity contribution is 0.620. The molecule has 1 N–H and O–H groups in total. The van der Waals surface area contributed by atoms with E-state index in [1.54, 1.807) is 0 Å². The van der Waals surface area contributed by atoms with Crippen LogP contribution >= 0.6 is 0 Å². The third-order valence-electron chi connectivity index (χ3n) is 4.48. The highest BCUT2D eigenvalue weighted by atomic mass is 16.3. The first-order valence-electron chi connectivity index (χ1n) is 8.58. The topological polar surface area (TPSA) is 38.1 Å². The fourth-order valence-electron chi connectivity index (χ4n) is 3.20. The monoisotopic (exact) mass is 336 g/mol. The highest BCUT2D eigenvalue weighted by molar-refractivity contribution is 5.96. The van der Waals surface area contributed by atoms with E-state index >= 15 is 0 Å². The molecule has 0 aliphatic carbocycles. The molecular weight excluding hydrogens is 320 g/mol. The van der Waals surface area contributed by atoms with E-state index < -0.39 is 0 Å². The van der Waals surface area contributed by atoms with Crippen molar-refractivity contribution >= 4 is 33.2 Å². The van der Waals surface area contributed by atoms with Gasteiger partial charge in [0.15, 0.2) is 5.58 Å². The molecule has 26 heavy (non-hydrogen) atoms. The second-order valence-corrected chi connectivity index (χ2v) is 6.22. The zero-order valence-corrected chi connectivity index (χ0v) is 14.0. The summed E-state index contributed by atoms with van der Waals surface area (Å²) in [5, 5.41) is 5.92. The van der Waals surface area contributed by atoms with E-state index in [4.69, 9.17) is 4.42 Å². The molecule has 3 heteroatoms. The molecule has 0 atom stereocenters. The number of hydrogen-bond acceptors (Lipinski definition) is 3. The predicted molar refractivity (Wildman–Crippen MR) is 107 cm³/mol. The fraction of sp³-hybridized carbons (Fsp3) is 0. The van der Waals surface area contributed by atoms with Crippen molar-refractivity contribution in [3.05, 3.63) is 91.0 Å². The molecule has 0 spiro atoms. The van der Waals surface area contributed by atoms with E-state index in [-0.39, 0.29) is 0 Å². The first-order valence-corrected chi connectivity index (χ1v) is 8.58. The van der Waals surface area contributed by atoms with Crippen molar-refractivity contribution in [2.45, 2.75) is 0 Å². The largest absolute Gasteiger partial charge is 0.436 e. The lowest BCUT2D eigenvalue weighted by atomic mass is 10.1. The van der Waals surface area contributed by atoms with Crippen molar-refractivity contribution in [1.82, 2.24) is 4.98 Å². The molecule has 1 heterocycles. The summed E-state index contributed by atoms with van der Waals surface area (Å²) in [6.07, 6.45) is 0. The molecule has 3 nitrogen and oxygen atoms in total. The Morgan fingerprint density at radius 3 is 2.46 bits per heavy atom. The summed E-state index contributed by atoms with van der Waals surface area (Å²) in [4.78, 5) is 4.64. The van der Waals surface area contributed by atoms with Gasteiger partial charge in [-0.15, -0.1) is 0 Å². The van der Waals surface area contributed by atoms with Crippen LogP contribution in [0.5, 0.6) is 0 Å². The van der Waals surface area contributed by atoms with Crippen molar-refractivity contribution in [1.29, 1.82) is 0 Å². The van der Waals surface area contributed by atoms with Gasteiger partial charge in [0, 0.05) is 22.3 Å². The van der Waals surface area contributed by atoms with Crippen molar-refractivity contribution in [2.75, 3.05) is 5.32 Å². The number of anilines is 2. The van der Waals surface area contributed by atoms with Crippen LogP contribution in [0, 0.1) is 0 Å². The standard InChI is InChI=1S/C23H16N2O/c1-2-8-17(9-3-1)23-25-21-15-18(13-14-22(21)26-23)24-20-12-6-10-16-7-4-5-11-19(16)20/h1-15,24H. The summed E-state index contributed by atoms with van der Waals surface area (Å²) in [6.45, 7) is 0. The molecule has 0 saturated heterocycles. The smallest absolute Gasteiger partial charge is 0.227 e. The number of benzene rings is 4. The van der Waals surface area contributed by atoms with Crippen LogP contribution in [-0.2, 0) is 0 Å². The highest BCUT2D eigenvalue weighted by Crippen LogP contribution is 2.29. The number of rotatable bonds is 3. The normalized spacial score (nSPS) is 11.1. The summed E-state index contributed by atoms with van der Waals surface area (Å²) in [6, 6.07) is 30.6. The quantitative estimate of drug-likeness (QED) is 0.415. The summed E-state index contributed by atoms with van der Waals surface area (Å²) >= 11 is 0. The lowest BCUT2D eigenvalue weighted by Gasteiger charge is -2.09. The number of oxazole rings is 1. The molecule has 0 unspecified atom stereocenters. The third kappa shape index (κ3) is 2.60. The molecule has 1 aromatic heterocycles. The molecule has 4 aromatic carbocycles. The maximum absolute atomic E-state index is 5.89. The van der Waals surface area contributed by atoms with Crippen LogP contribution in [0.1, 0.15) is 0 Å². The van der Waals surface area contributed by atoms with Gasteiger partial charge < -0.3 is 9.73 Å². The second-order valence-electron chi connectivity index (χ2n) is 6.22. The summed E-state index contributed by atoms with van der Waals surface area (Å²) < 4.78 is 5.89. The van der Waals surface area contributed by atoms with Crippen molar-refractivity contribution in [2.24, 2.45) is 0 Å². The van der Waals surface area contributed by atoms with Gasteiger partial charge >= 0.3 is 0 Å². The third-order valence-corrected chi connectivity index (χ3v) is 4.48. The summed E-state index contributed by atoms with van der Waals surface area (Å²) in [5.41, 5.74) is 4.67. The summed E-state index contributed by atoms with van der Waals surface area (Å²) in [5.74, 6) is 0.642. The van der Waals surface area contributed by atoms with Gasteiger partial charge in [0.05, 0.1) is 0 Å². The van der Waals surface area contributed by atoms with Crippen LogP contribution in [0.3, 0.4) is 0 Å². The molecule has 0 saturated carbocycles. The molecule has 0 amide bonds. The van der Waals surface area contributed by atoms with Gasteiger partial charge in [-0.3, -0.25) is 0 Å². The van der Waals surface area contributed by atoms with Crippen LogP contribution in [0.15, 0.2) is 95.4 Å². The van der Waals surface area contributed by atoms with Crippen molar-refractivity contribution in [3.63, 3.8) is 0 Å². The molecular formula is C23H16N2O.